The number of nitrogens with zero attached hydrogens (tertiary/aromatic N) is 1. The van der Waals surface area contributed by atoms with E-state index in [4.69, 9.17) is 0 Å². The van der Waals surface area contributed by atoms with E-state index in [0.29, 0.717) is 5.92 Å². The highest BCUT2D eigenvalue weighted by Crippen LogP contribution is 2.09. The molecular formula is C19H31NO. The average Bonchev–Trinajstić information content (AvgIpc) is 2.69. The molecular weight excluding hydrogens is 258 g/mol. The summed E-state index contributed by atoms with van der Waals surface area (Å²) in [7, 11) is 1.85. The van der Waals surface area contributed by atoms with Gasteiger partial charge in [0.15, 0.2) is 0 Å². The van der Waals surface area contributed by atoms with Crippen LogP contribution in [0.15, 0.2) is 22.5 Å². The van der Waals surface area contributed by atoms with Gasteiger partial charge in [-0.1, -0.05) is 59.3 Å². The molecule has 0 unspecified atom stereocenters. The molecule has 2 nitrogen and oxygen atoms in total. The summed E-state index contributed by atoms with van der Waals surface area (Å²) in [6.45, 7) is 14.3. The van der Waals surface area contributed by atoms with Gasteiger partial charge in [-0.2, -0.15) is 0 Å². The Kier molecular flexibility index (Phi) is 8.68. The van der Waals surface area contributed by atoms with Crippen LogP contribution in [0.4, 0.5) is 0 Å². The Morgan fingerprint density at radius 2 is 1.67 bits per heavy atom. The zero-order chi connectivity index (χ0) is 16.6. The van der Waals surface area contributed by atoms with Crippen molar-refractivity contribution in [2.45, 2.75) is 60.8 Å². The smallest absolute Gasteiger partial charge is 0.258 e. The highest BCUT2D eigenvalue weighted by atomic mass is 16.1. The predicted molar refractivity (Wildman–Crippen MR) is 95.0 cm³/mol. The number of fused-ring (bicyclic) bond motifs is 1. The third-order valence-electron chi connectivity index (χ3n) is 3.31. The number of aromatic nitrogens is 1. The summed E-state index contributed by atoms with van der Waals surface area (Å²) in [4.78, 5) is 12.3. The molecule has 0 aliphatic heterocycles. The molecule has 0 spiro atoms. The molecule has 0 fully saturated rings. The van der Waals surface area contributed by atoms with E-state index < -0.39 is 0 Å². The van der Waals surface area contributed by atoms with Gasteiger partial charge >= 0.3 is 0 Å². The second-order valence-corrected chi connectivity index (χ2v) is 5.05. The van der Waals surface area contributed by atoms with Gasteiger partial charge in [0.05, 0.1) is 0 Å². The number of hydrogen-bond acceptors (Lipinski definition) is 1. The first-order chi connectivity index (χ1) is 10.0. The van der Waals surface area contributed by atoms with E-state index in [2.05, 4.69) is 32.9 Å². The first kappa shape index (κ1) is 19.4. The Morgan fingerprint density at radius 1 is 1.10 bits per heavy atom. The van der Waals surface area contributed by atoms with E-state index in [9.17, 15) is 4.79 Å². The Bertz CT molecular complexity index is 645. The minimum absolute atomic E-state index is 0.105. The normalized spacial score (nSPS) is 12.3. The van der Waals surface area contributed by atoms with Crippen molar-refractivity contribution in [2.75, 3.05) is 0 Å². The maximum Gasteiger partial charge on any atom is 0.258 e. The van der Waals surface area contributed by atoms with Crippen molar-refractivity contribution < 1.29 is 0 Å². The van der Waals surface area contributed by atoms with E-state index in [1.54, 1.807) is 4.57 Å². The number of rotatable bonds is 1. The average molecular weight is 289 g/mol. The molecule has 0 bridgehead atoms. The second kappa shape index (κ2) is 9.38. The van der Waals surface area contributed by atoms with Gasteiger partial charge in [-0.3, -0.25) is 4.79 Å². The Morgan fingerprint density at radius 3 is 2.19 bits per heavy atom. The van der Waals surface area contributed by atoms with Gasteiger partial charge in [-0.25, -0.2) is 0 Å². The Labute approximate surface area is 129 Å². The first-order valence-corrected chi connectivity index (χ1v) is 8.08. The first-order valence-electron chi connectivity index (χ1n) is 8.08. The lowest BCUT2D eigenvalue weighted by atomic mass is 10.1. The maximum atomic E-state index is 12.3. The summed E-state index contributed by atoms with van der Waals surface area (Å²) in [5.41, 5.74) is 2.49. The molecule has 118 valence electrons. The second-order valence-electron chi connectivity index (χ2n) is 5.05. The summed E-state index contributed by atoms with van der Waals surface area (Å²) >= 11 is 0. The predicted octanol–water partition coefficient (Wildman–Crippen LogP) is 3.47. The van der Waals surface area contributed by atoms with Crippen LogP contribution in [0.1, 0.15) is 66.5 Å². The van der Waals surface area contributed by atoms with Crippen molar-refractivity contribution in [1.82, 2.24) is 4.57 Å². The van der Waals surface area contributed by atoms with Crippen LogP contribution < -0.4 is 16.0 Å². The van der Waals surface area contributed by atoms with Crippen molar-refractivity contribution >= 4 is 12.2 Å². The summed E-state index contributed by atoms with van der Waals surface area (Å²) < 4.78 is 1.77. The molecule has 1 aromatic rings. The molecule has 0 saturated heterocycles. The summed E-state index contributed by atoms with van der Waals surface area (Å²) in [6, 6.07) is 2.14. The molecule has 1 heterocycles. The van der Waals surface area contributed by atoms with Gasteiger partial charge in [-0.05, 0) is 36.6 Å². The summed E-state index contributed by atoms with van der Waals surface area (Å²) in [5, 5.41) is 1.89. The van der Waals surface area contributed by atoms with Gasteiger partial charge in [0.1, 0.15) is 0 Å². The molecule has 1 aromatic heterocycles. The van der Waals surface area contributed by atoms with Crippen molar-refractivity contribution in [3.05, 3.63) is 44.2 Å². The maximum absolute atomic E-state index is 12.3. The van der Waals surface area contributed by atoms with Crippen LogP contribution in [0.3, 0.4) is 0 Å². The molecule has 2 heteroatoms. The fraction of sp³-hybridized carbons (Fsp3) is 0.526. The zero-order valence-corrected chi connectivity index (χ0v) is 14.9. The monoisotopic (exact) mass is 289 g/mol. The minimum Gasteiger partial charge on any atom is -0.315 e. The molecule has 0 N–H and O–H groups in total. The van der Waals surface area contributed by atoms with Crippen LogP contribution in [0.5, 0.6) is 0 Å². The topological polar surface area (TPSA) is 22.0 Å². The Hall–Kier alpha value is -1.57. The van der Waals surface area contributed by atoms with E-state index in [1.807, 2.05) is 46.9 Å². The highest BCUT2D eigenvalue weighted by Gasteiger charge is 2.07. The summed E-state index contributed by atoms with van der Waals surface area (Å²) in [5.74, 6) is 0.365. The van der Waals surface area contributed by atoms with Gasteiger partial charge in [0, 0.05) is 18.0 Å². The van der Waals surface area contributed by atoms with E-state index in [0.717, 1.165) is 22.6 Å². The molecule has 1 aliphatic rings. The van der Waals surface area contributed by atoms with E-state index in [-0.39, 0.29) is 5.56 Å². The minimum atomic E-state index is 0.105. The van der Waals surface area contributed by atoms with Crippen LogP contribution in [0, 0.1) is 0 Å². The van der Waals surface area contributed by atoms with Crippen molar-refractivity contribution in [1.29, 1.82) is 0 Å². The van der Waals surface area contributed by atoms with Gasteiger partial charge in [0.2, 0.25) is 0 Å². The molecule has 0 radical (unpaired) electrons. The quantitative estimate of drug-likeness (QED) is 0.776. The van der Waals surface area contributed by atoms with Crippen LogP contribution in [-0.2, 0) is 7.05 Å². The van der Waals surface area contributed by atoms with Crippen LogP contribution in [0.2, 0.25) is 0 Å². The summed E-state index contributed by atoms with van der Waals surface area (Å²) in [6.07, 6.45) is 7.06. The third kappa shape index (κ3) is 4.73. The van der Waals surface area contributed by atoms with Gasteiger partial charge < -0.3 is 4.57 Å². The van der Waals surface area contributed by atoms with Crippen LogP contribution >= 0.6 is 0 Å². The van der Waals surface area contributed by atoms with Crippen LogP contribution in [-0.4, -0.2) is 4.57 Å². The van der Waals surface area contributed by atoms with Gasteiger partial charge in [0.25, 0.3) is 5.56 Å². The fourth-order valence-electron chi connectivity index (χ4n) is 2.21. The number of allylic oxidation sites excluding steroid dienone is 2. The lowest BCUT2D eigenvalue weighted by Gasteiger charge is -2.11. The molecule has 0 atom stereocenters. The molecule has 0 amide bonds. The fourth-order valence-corrected chi connectivity index (χ4v) is 2.21. The number of hydrogen-bond donors (Lipinski definition) is 0. The zero-order valence-electron chi connectivity index (χ0n) is 14.9. The molecule has 0 saturated carbocycles. The third-order valence-corrected chi connectivity index (χ3v) is 3.31. The lowest BCUT2D eigenvalue weighted by Crippen LogP contribution is -2.45. The number of pyridine rings is 1. The SMILES string of the molecule is CC.CC.CC1=CC=c2c(cc(C(C)C)n(C)c2=O)=CC1. The molecule has 2 rings (SSSR count). The standard InChI is InChI=1S/C15H19NO.2C2H6/c1-10(2)14-9-12-7-5-11(3)6-8-13(12)15(17)16(14)4;2*1-2/h6-10H,5H2,1-4H3;2*1-2H3. The lowest BCUT2D eigenvalue weighted by molar-refractivity contribution is 0.700. The van der Waals surface area contributed by atoms with Crippen molar-refractivity contribution in [3.8, 4) is 0 Å². The van der Waals surface area contributed by atoms with Gasteiger partial charge in [-0.15, -0.1) is 0 Å². The Balaban J connectivity index is 0.000000921. The van der Waals surface area contributed by atoms with E-state index in [1.165, 1.54) is 5.57 Å². The molecule has 1 aliphatic carbocycles. The molecule has 0 aromatic carbocycles. The van der Waals surface area contributed by atoms with E-state index >= 15 is 0 Å². The van der Waals surface area contributed by atoms with Crippen molar-refractivity contribution in [3.63, 3.8) is 0 Å². The van der Waals surface area contributed by atoms with Crippen molar-refractivity contribution in [2.24, 2.45) is 7.05 Å². The van der Waals surface area contributed by atoms with Crippen LogP contribution in [0.25, 0.3) is 12.2 Å². The highest BCUT2D eigenvalue weighted by molar-refractivity contribution is 5.46. The largest absolute Gasteiger partial charge is 0.315 e. The molecule has 21 heavy (non-hydrogen) atoms.